The lowest BCUT2D eigenvalue weighted by molar-refractivity contribution is 0.0989. The van der Waals surface area contributed by atoms with Gasteiger partial charge in [-0.2, -0.15) is 0 Å². The normalized spacial score (nSPS) is 14.8. The van der Waals surface area contributed by atoms with Crippen molar-refractivity contribution in [1.29, 1.82) is 0 Å². The zero-order valence-corrected chi connectivity index (χ0v) is 17.4. The van der Waals surface area contributed by atoms with E-state index >= 15 is 0 Å². The number of hydrogen-bond donors (Lipinski definition) is 0. The highest BCUT2D eigenvalue weighted by molar-refractivity contribution is 8.00. The molecule has 0 bridgehead atoms. The van der Waals surface area contributed by atoms with Crippen molar-refractivity contribution in [1.82, 2.24) is 14.8 Å². The Balaban J connectivity index is 1.70. The lowest BCUT2D eigenvalue weighted by atomic mass is 10.0. The van der Waals surface area contributed by atoms with Gasteiger partial charge in [-0.25, -0.2) is 0 Å². The zero-order chi connectivity index (χ0) is 19.7. The summed E-state index contributed by atoms with van der Waals surface area (Å²) in [6, 6.07) is 16.0. The van der Waals surface area contributed by atoms with E-state index in [1.807, 2.05) is 43.3 Å². The van der Waals surface area contributed by atoms with E-state index in [9.17, 15) is 4.79 Å². The van der Waals surface area contributed by atoms with Gasteiger partial charge in [0.05, 0.1) is 0 Å². The lowest BCUT2D eigenvalue weighted by Crippen LogP contribution is -2.12. The van der Waals surface area contributed by atoms with Crippen LogP contribution in [0.5, 0.6) is 0 Å². The Morgan fingerprint density at radius 1 is 1.04 bits per heavy atom. The van der Waals surface area contributed by atoms with E-state index < -0.39 is 0 Å². The van der Waals surface area contributed by atoms with Crippen molar-refractivity contribution in [3.63, 3.8) is 0 Å². The van der Waals surface area contributed by atoms with Crippen molar-refractivity contribution in [2.24, 2.45) is 0 Å². The molecule has 1 unspecified atom stereocenters. The first kappa shape index (κ1) is 18.9. The molecule has 5 heteroatoms. The van der Waals surface area contributed by atoms with E-state index in [-0.39, 0.29) is 11.0 Å². The number of thioether (sulfide) groups is 1. The fraction of sp³-hybridized carbons (Fsp3) is 0.348. The van der Waals surface area contributed by atoms with E-state index in [4.69, 9.17) is 0 Å². The number of nitrogens with zero attached hydrogens (tertiary/aromatic N) is 3. The smallest absolute Gasteiger partial charge is 0.192 e. The second-order valence-corrected chi connectivity index (χ2v) is 8.57. The van der Waals surface area contributed by atoms with Crippen LogP contribution in [0.25, 0.3) is 0 Å². The Morgan fingerprint density at radius 3 is 2.21 bits per heavy atom. The number of benzene rings is 2. The van der Waals surface area contributed by atoms with Gasteiger partial charge < -0.3 is 4.57 Å². The first-order valence-corrected chi connectivity index (χ1v) is 10.7. The maximum atomic E-state index is 13.4. The van der Waals surface area contributed by atoms with Crippen molar-refractivity contribution in [3.05, 3.63) is 76.6 Å². The second-order valence-electron chi connectivity index (χ2n) is 7.50. The van der Waals surface area contributed by atoms with Crippen molar-refractivity contribution < 1.29 is 4.79 Å². The summed E-state index contributed by atoms with van der Waals surface area (Å²) in [4.78, 5) is 13.4. The molecule has 0 N–H and O–H groups in total. The molecule has 1 aromatic heterocycles. The first-order valence-electron chi connectivity index (χ1n) is 9.84. The van der Waals surface area contributed by atoms with Gasteiger partial charge in [-0.05, 0) is 39.2 Å². The molecule has 0 saturated heterocycles. The Hall–Kier alpha value is -2.40. The topological polar surface area (TPSA) is 47.8 Å². The number of Topliss-reactive ketones (excluding diaryl/α,β-unsaturated/α-hetero) is 1. The van der Waals surface area contributed by atoms with Crippen LogP contribution in [-0.2, 0) is 6.54 Å². The third-order valence-corrected chi connectivity index (χ3v) is 6.42. The molecule has 1 atom stereocenters. The van der Waals surface area contributed by atoms with Crippen LogP contribution in [-0.4, -0.2) is 20.5 Å². The van der Waals surface area contributed by atoms with Crippen LogP contribution in [0.2, 0.25) is 0 Å². The van der Waals surface area contributed by atoms with Gasteiger partial charge in [-0.3, -0.25) is 4.79 Å². The highest BCUT2D eigenvalue weighted by Crippen LogP contribution is 2.42. The predicted octanol–water partition coefficient (Wildman–Crippen LogP) is 5.51. The molecule has 1 aliphatic carbocycles. The number of rotatable bonds is 7. The second kappa shape index (κ2) is 7.92. The Kier molecular flexibility index (Phi) is 5.36. The summed E-state index contributed by atoms with van der Waals surface area (Å²) < 4.78 is 2.17. The van der Waals surface area contributed by atoms with Crippen LogP contribution < -0.4 is 0 Å². The number of carbonyl (C=O) groups excluding carboxylic acids is 1. The number of carbonyl (C=O) groups is 1. The van der Waals surface area contributed by atoms with Crippen LogP contribution in [0.4, 0.5) is 0 Å². The molecule has 4 rings (SSSR count). The molecular formula is C23H25N3OS. The third-order valence-electron chi connectivity index (χ3n) is 5.18. The zero-order valence-electron chi connectivity index (χ0n) is 16.6. The lowest BCUT2D eigenvalue weighted by Gasteiger charge is -2.17. The quantitative estimate of drug-likeness (QED) is 0.394. The molecule has 1 saturated carbocycles. The molecule has 144 valence electrons. The number of aromatic nitrogens is 3. The molecule has 2 aromatic carbocycles. The number of hydrogen-bond acceptors (Lipinski definition) is 4. The Labute approximate surface area is 170 Å². The Morgan fingerprint density at radius 2 is 1.64 bits per heavy atom. The minimum absolute atomic E-state index is 0.104. The average Bonchev–Trinajstić information content (AvgIpc) is 3.47. The summed E-state index contributed by atoms with van der Waals surface area (Å²) in [5.74, 6) is 1.70. The summed E-state index contributed by atoms with van der Waals surface area (Å²) in [6.07, 6.45) is 2.37. The molecule has 3 aromatic rings. The maximum absolute atomic E-state index is 13.4. The Bertz CT molecular complexity index is 972. The molecule has 28 heavy (non-hydrogen) atoms. The van der Waals surface area contributed by atoms with Gasteiger partial charge >= 0.3 is 0 Å². The largest absolute Gasteiger partial charge is 0.306 e. The summed E-state index contributed by atoms with van der Waals surface area (Å²) >= 11 is 1.51. The van der Waals surface area contributed by atoms with Gasteiger partial charge in [0.2, 0.25) is 0 Å². The minimum Gasteiger partial charge on any atom is -0.306 e. The summed E-state index contributed by atoms with van der Waals surface area (Å²) in [7, 11) is 0. The van der Waals surface area contributed by atoms with Crippen molar-refractivity contribution in [3.8, 4) is 0 Å². The van der Waals surface area contributed by atoms with E-state index in [1.165, 1.54) is 30.2 Å². The van der Waals surface area contributed by atoms with Gasteiger partial charge in [0.15, 0.2) is 10.9 Å². The summed E-state index contributed by atoms with van der Waals surface area (Å²) in [6.45, 7) is 7.02. The van der Waals surface area contributed by atoms with Crippen LogP contribution in [0.1, 0.15) is 63.8 Å². The van der Waals surface area contributed by atoms with Gasteiger partial charge in [0.25, 0.3) is 0 Å². The van der Waals surface area contributed by atoms with E-state index in [0.29, 0.717) is 5.92 Å². The van der Waals surface area contributed by atoms with Gasteiger partial charge in [0.1, 0.15) is 11.1 Å². The van der Waals surface area contributed by atoms with Crippen LogP contribution in [0, 0.1) is 13.8 Å². The number of ketones is 1. The fourth-order valence-corrected chi connectivity index (χ4v) is 4.50. The molecular weight excluding hydrogens is 366 g/mol. The van der Waals surface area contributed by atoms with E-state index in [2.05, 4.69) is 40.7 Å². The summed E-state index contributed by atoms with van der Waals surface area (Å²) in [5, 5.41) is 9.37. The van der Waals surface area contributed by atoms with Crippen molar-refractivity contribution >= 4 is 17.5 Å². The molecule has 1 aliphatic rings. The van der Waals surface area contributed by atoms with Crippen LogP contribution >= 0.6 is 11.8 Å². The molecule has 0 radical (unpaired) electrons. The molecule has 0 aliphatic heterocycles. The highest BCUT2D eigenvalue weighted by Gasteiger charge is 2.32. The van der Waals surface area contributed by atoms with Crippen LogP contribution in [0.3, 0.4) is 0 Å². The minimum atomic E-state index is -0.343. The van der Waals surface area contributed by atoms with Crippen LogP contribution in [0.15, 0.2) is 53.7 Å². The third kappa shape index (κ3) is 3.90. The summed E-state index contributed by atoms with van der Waals surface area (Å²) in [5.41, 5.74) is 4.06. The first-order chi connectivity index (χ1) is 13.6. The molecule has 1 fully saturated rings. The van der Waals surface area contributed by atoms with E-state index in [1.54, 1.807) is 0 Å². The van der Waals surface area contributed by atoms with E-state index in [0.717, 1.165) is 34.2 Å². The predicted molar refractivity (Wildman–Crippen MR) is 113 cm³/mol. The monoisotopic (exact) mass is 391 g/mol. The average molecular weight is 392 g/mol. The fourth-order valence-electron chi connectivity index (χ4n) is 3.32. The SMILES string of the molecule is CCn1c(SC(C(=O)c2ccc(C)cc2)c2ccc(C)cc2)nnc1C1CC1. The highest BCUT2D eigenvalue weighted by atomic mass is 32.2. The molecule has 0 amide bonds. The van der Waals surface area contributed by atoms with Crippen molar-refractivity contribution in [2.45, 2.75) is 56.5 Å². The standard InChI is InChI=1S/C23H25N3OS/c1-4-26-22(19-13-14-19)24-25-23(26)28-21(18-11-7-16(3)8-12-18)20(27)17-9-5-15(2)6-10-17/h5-12,19,21H,4,13-14H2,1-3H3. The van der Waals surface area contributed by atoms with Gasteiger partial charge in [-0.1, -0.05) is 71.4 Å². The number of aryl methyl sites for hydroxylation is 2. The van der Waals surface area contributed by atoms with Gasteiger partial charge in [0, 0.05) is 18.0 Å². The maximum Gasteiger partial charge on any atom is 0.192 e. The van der Waals surface area contributed by atoms with Crippen molar-refractivity contribution in [2.75, 3.05) is 0 Å². The van der Waals surface area contributed by atoms with Gasteiger partial charge in [-0.15, -0.1) is 10.2 Å². The molecule has 1 heterocycles. The molecule has 4 nitrogen and oxygen atoms in total. The molecule has 0 spiro atoms.